The zero-order valence-electron chi connectivity index (χ0n) is 18.1. The molecule has 0 radical (unpaired) electrons. The van der Waals surface area contributed by atoms with Crippen LogP contribution in [0, 0.1) is 0 Å². The highest BCUT2D eigenvalue weighted by Crippen LogP contribution is 2.34. The molecule has 0 saturated carbocycles. The maximum atomic E-state index is 5.03. The fraction of sp³-hybridized carbons (Fsp3) is 0. The monoisotopic (exact) mass is 422 g/mol. The van der Waals surface area contributed by atoms with E-state index in [1.807, 2.05) is 12.1 Å². The normalized spacial score (nSPS) is 11.5. The highest BCUT2D eigenvalue weighted by atomic mass is 14.9. The number of aromatic amines is 1. The first kappa shape index (κ1) is 19.3. The molecule has 0 aliphatic rings. The molecular weight excluding hydrogens is 400 g/mol. The molecule has 0 spiro atoms. The predicted octanol–water partition coefficient (Wildman–Crippen LogP) is 8.22. The number of benzene rings is 5. The summed E-state index contributed by atoms with van der Waals surface area (Å²) < 4.78 is 0. The summed E-state index contributed by atoms with van der Waals surface area (Å²) in [5, 5.41) is 2.48. The molecule has 33 heavy (non-hydrogen) atoms. The van der Waals surface area contributed by atoms with Gasteiger partial charge in [-0.3, -0.25) is 0 Å². The number of imidazole rings is 1. The molecule has 6 rings (SSSR count). The van der Waals surface area contributed by atoms with Gasteiger partial charge in [0.05, 0.1) is 11.0 Å². The summed E-state index contributed by atoms with van der Waals surface area (Å²) in [5.74, 6) is 0.846. The number of H-pyrrole nitrogens is 1. The van der Waals surface area contributed by atoms with Gasteiger partial charge in [-0.05, 0) is 33.5 Å². The summed E-state index contributed by atoms with van der Waals surface area (Å²) in [6.45, 7) is 0. The molecule has 5 aromatic carbocycles. The lowest BCUT2D eigenvalue weighted by Gasteiger charge is -2.07. The Hall–Kier alpha value is -4.43. The summed E-state index contributed by atoms with van der Waals surface area (Å²) in [7, 11) is 0. The maximum absolute atomic E-state index is 5.03. The van der Waals surface area contributed by atoms with Crippen molar-refractivity contribution in [2.75, 3.05) is 0 Å². The molecule has 0 fully saturated rings. The fourth-order valence-corrected chi connectivity index (χ4v) is 4.46. The molecule has 2 heteroatoms. The van der Waals surface area contributed by atoms with E-state index in [0.717, 1.165) is 33.5 Å². The van der Waals surface area contributed by atoms with Crippen molar-refractivity contribution in [2.24, 2.45) is 0 Å². The first-order valence-corrected chi connectivity index (χ1v) is 11.2. The van der Waals surface area contributed by atoms with Crippen LogP contribution in [0.15, 0.2) is 115 Å². The summed E-state index contributed by atoms with van der Waals surface area (Å²) in [6.07, 6.45) is 4.22. The molecule has 2 nitrogen and oxygen atoms in total. The van der Waals surface area contributed by atoms with Gasteiger partial charge in [-0.2, -0.15) is 0 Å². The van der Waals surface area contributed by atoms with Gasteiger partial charge in [0.2, 0.25) is 0 Å². The Bertz CT molecular complexity index is 1510. The van der Waals surface area contributed by atoms with Gasteiger partial charge in [0.25, 0.3) is 0 Å². The second-order valence-corrected chi connectivity index (χ2v) is 8.14. The molecule has 1 heterocycles. The van der Waals surface area contributed by atoms with Crippen LogP contribution in [-0.2, 0) is 0 Å². The minimum Gasteiger partial charge on any atom is -0.338 e. The first-order valence-electron chi connectivity index (χ1n) is 11.2. The zero-order chi connectivity index (χ0) is 22.0. The van der Waals surface area contributed by atoms with Gasteiger partial charge < -0.3 is 4.98 Å². The van der Waals surface area contributed by atoms with Crippen LogP contribution >= 0.6 is 0 Å². The van der Waals surface area contributed by atoms with Crippen LogP contribution in [0.3, 0.4) is 0 Å². The number of fused-ring (bicyclic) bond motifs is 2. The van der Waals surface area contributed by atoms with Crippen molar-refractivity contribution >= 4 is 34.0 Å². The molecule has 1 aromatic heterocycles. The lowest BCUT2D eigenvalue weighted by Crippen LogP contribution is -1.85. The lowest BCUT2D eigenvalue weighted by molar-refractivity contribution is 1.29. The van der Waals surface area contributed by atoms with Crippen LogP contribution in [0.25, 0.3) is 56.2 Å². The van der Waals surface area contributed by atoms with E-state index < -0.39 is 0 Å². The number of rotatable bonds is 4. The number of nitrogens with one attached hydrogen (secondary N) is 1. The average molecular weight is 423 g/mol. The van der Waals surface area contributed by atoms with Crippen LogP contribution in [0.5, 0.6) is 0 Å². The fourth-order valence-electron chi connectivity index (χ4n) is 4.46. The molecule has 0 bridgehead atoms. The molecule has 0 atom stereocenters. The van der Waals surface area contributed by atoms with E-state index >= 15 is 0 Å². The summed E-state index contributed by atoms with van der Waals surface area (Å²) in [5.41, 5.74) is 7.85. The molecule has 0 saturated heterocycles. The van der Waals surface area contributed by atoms with Crippen molar-refractivity contribution in [1.82, 2.24) is 9.97 Å². The molecule has 0 aliphatic carbocycles. The van der Waals surface area contributed by atoms with Crippen LogP contribution in [0.2, 0.25) is 0 Å². The Balaban J connectivity index is 1.51. The summed E-state index contributed by atoms with van der Waals surface area (Å²) in [4.78, 5) is 8.62. The summed E-state index contributed by atoms with van der Waals surface area (Å²) >= 11 is 0. The van der Waals surface area contributed by atoms with Crippen LogP contribution in [0.4, 0.5) is 0 Å². The van der Waals surface area contributed by atoms with E-state index in [1.165, 1.54) is 21.9 Å². The van der Waals surface area contributed by atoms with Gasteiger partial charge in [0.15, 0.2) is 0 Å². The number of hydrogen-bond acceptors (Lipinski definition) is 1. The van der Waals surface area contributed by atoms with Gasteiger partial charge in [-0.15, -0.1) is 0 Å². The van der Waals surface area contributed by atoms with Gasteiger partial charge in [0, 0.05) is 11.1 Å². The van der Waals surface area contributed by atoms with Gasteiger partial charge in [-0.1, -0.05) is 121 Å². The van der Waals surface area contributed by atoms with Gasteiger partial charge in [-0.25, -0.2) is 4.98 Å². The van der Waals surface area contributed by atoms with Gasteiger partial charge in [0.1, 0.15) is 5.82 Å². The van der Waals surface area contributed by atoms with Crippen molar-refractivity contribution in [3.63, 3.8) is 0 Å². The Morgan fingerprint density at radius 2 is 1.18 bits per heavy atom. The smallest absolute Gasteiger partial charge is 0.131 e. The summed E-state index contributed by atoms with van der Waals surface area (Å²) in [6, 6.07) is 40.2. The molecule has 156 valence electrons. The topological polar surface area (TPSA) is 28.7 Å². The Kier molecular flexibility index (Phi) is 4.82. The van der Waals surface area contributed by atoms with E-state index in [9.17, 15) is 0 Å². The van der Waals surface area contributed by atoms with Crippen molar-refractivity contribution in [3.05, 3.63) is 127 Å². The van der Waals surface area contributed by atoms with Crippen molar-refractivity contribution in [3.8, 4) is 22.3 Å². The van der Waals surface area contributed by atoms with E-state index in [0.29, 0.717) is 0 Å². The highest BCUT2D eigenvalue weighted by Gasteiger charge is 2.13. The SMILES string of the molecule is C(=C\c1cccc2ccccc12)/c1nc2c(-c3ccccc3)ccc(-c3ccccc3)c2[nH]1. The Labute approximate surface area is 192 Å². The number of aromatic nitrogens is 2. The van der Waals surface area contributed by atoms with E-state index in [1.54, 1.807) is 0 Å². The number of nitrogens with zero attached hydrogens (tertiary/aromatic N) is 1. The third-order valence-corrected chi connectivity index (χ3v) is 6.08. The minimum absolute atomic E-state index is 0.846. The molecule has 0 aliphatic heterocycles. The molecular formula is C31H22N2. The third-order valence-electron chi connectivity index (χ3n) is 6.08. The minimum atomic E-state index is 0.846. The van der Waals surface area contributed by atoms with Gasteiger partial charge >= 0.3 is 0 Å². The van der Waals surface area contributed by atoms with Crippen LogP contribution in [-0.4, -0.2) is 9.97 Å². The third kappa shape index (κ3) is 3.62. The molecule has 0 unspecified atom stereocenters. The second-order valence-electron chi connectivity index (χ2n) is 8.14. The predicted molar refractivity (Wildman–Crippen MR) is 140 cm³/mol. The Morgan fingerprint density at radius 3 is 1.97 bits per heavy atom. The molecule has 6 aromatic rings. The van der Waals surface area contributed by atoms with Crippen molar-refractivity contribution < 1.29 is 0 Å². The van der Waals surface area contributed by atoms with Crippen LogP contribution in [0.1, 0.15) is 11.4 Å². The molecule has 0 amide bonds. The standard InChI is InChI=1S/C31H22N2/c1-3-10-23(11-4-1)27-19-20-28(24-12-5-2-6-13-24)31-30(27)32-29(33-31)21-18-25-16-9-15-22-14-7-8-17-26(22)25/h1-21H,(H,32,33)/b21-18+. The largest absolute Gasteiger partial charge is 0.338 e. The lowest BCUT2D eigenvalue weighted by atomic mass is 9.98. The van der Waals surface area contributed by atoms with E-state index in [-0.39, 0.29) is 0 Å². The average Bonchev–Trinajstić information content (AvgIpc) is 3.32. The maximum Gasteiger partial charge on any atom is 0.131 e. The van der Waals surface area contributed by atoms with Crippen molar-refractivity contribution in [1.29, 1.82) is 0 Å². The van der Waals surface area contributed by atoms with Crippen LogP contribution < -0.4 is 0 Å². The molecule has 1 N–H and O–H groups in total. The zero-order valence-corrected chi connectivity index (χ0v) is 18.1. The van der Waals surface area contributed by atoms with Crippen molar-refractivity contribution in [2.45, 2.75) is 0 Å². The quantitative estimate of drug-likeness (QED) is 0.304. The van der Waals surface area contributed by atoms with E-state index in [2.05, 4.69) is 120 Å². The number of hydrogen-bond donors (Lipinski definition) is 1. The van der Waals surface area contributed by atoms with E-state index in [4.69, 9.17) is 4.98 Å². The first-order chi connectivity index (χ1) is 16.4. The Morgan fingerprint density at radius 1 is 0.545 bits per heavy atom. The highest BCUT2D eigenvalue weighted by molar-refractivity contribution is 6.02. The second kappa shape index (κ2) is 8.25.